The second-order valence-corrected chi connectivity index (χ2v) is 7.75. The van der Waals surface area contributed by atoms with Crippen molar-refractivity contribution in [3.8, 4) is 22.9 Å². The molecule has 1 aliphatic heterocycles. The van der Waals surface area contributed by atoms with E-state index in [1.807, 2.05) is 58.8 Å². The molecule has 9 nitrogen and oxygen atoms in total. The Balaban J connectivity index is 1.53. The zero-order chi connectivity index (χ0) is 22.9. The number of rotatable bonds is 5. The summed E-state index contributed by atoms with van der Waals surface area (Å²) < 4.78 is 7.84. The normalized spacial score (nSPS) is 13.5. The van der Waals surface area contributed by atoms with Crippen molar-refractivity contribution in [2.75, 3.05) is 30.4 Å². The summed E-state index contributed by atoms with van der Waals surface area (Å²) >= 11 is 0. The summed E-state index contributed by atoms with van der Waals surface area (Å²) in [7, 11) is 0. The van der Waals surface area contributed by atoms with Crippen molar-refractivity contribution in [1.29, 1.82) is 0 Å². The summed E-state index contributed by atoms with van der Waals surface area (Å²) in [6.45, 7) is 7.25. The van der Waals surface area contributed by atoms with Crippen LogP contribution in [0.2, 0.25) is 0 Å². The molecular weight excluding hydrogens is 418 g/mol. The van der Waals surface area contributed by atoms with E-state index in [9.17, 15) is 4.79 Å². The number of hydrogen-bond donors (Lipinski definition) is 1. The Hall–Kier alpha value is -4.40. The highest BCUT2D eigenvalue weighted by molar-refractivity contribution is 5.89. The van der Waals surface area contributed by atoms with Gasteiger partial charge in [0, 0.05) is 43.3 Å². The van der Waals surface area contributed by atoms with Crippen molar-refractivity contribution < 1.29 is 9.53 Å². The molecule has 0 spiro atoms. The summed E-state index contributed by atoms with van der Waals surface area (Å²) in [5.41, 5.74) is 9.54. The van der Waals surface area contributed by atoms with Gasteiger partial charge in [-0.25, -0.2) is 15.0 Å². The van der Waals surface area contributed by atoms with Crippen molar-refractivity contribution in [2.45, 2.75) is 6.92 Å². The molecule has 166 valence electrons. The Kier molecular flexibility index (Phi) is 5.14. The predicted molar refractivity (Wildman–Crippen MR) is 126 cm³/mol. The number of hydrogen-bond acceptors (Lipinski definition) is 7. The molecular formula is C24H23N7O2. The first-order valence-corrected chi connectivity index (χ1v) is 10.5. The van der Waals surface area contributed by atoms with Crippen LogP contribution in [-0.2, 0) is 4.79 Å². The third-order valence-corrected chi connectivity index (χ3v) is 5.62. The third-order valence-electron chi connectivity index (χ3n) is 5.62. The largest absolute Gasteiger partial charge is 0.439 e. The van der Waals surface area contributed by atoms with Gasteiger partial charge >= 0.3 is 0 Å². The van der Waals surface area contributed by atoms with Crippen LogP contribution in [0.15, 0.2) is 67.6 Å². The number of nitrogens with two attached hydrogens (primary N) is 1. The number of carbonyl (C=O) groups is 1. The minimum Gasteiger partial charge on any atom is -0.439 e. The molecule has 2 N–H and O–H groups in total. The van der Waals surface area contributed by atoms with E-state index in [2.05, 4.69) is 16.5 Å². The summed E-state index contributed by atoms with van der Waals surface area (Å²) in [6.07, 6.45) is 6.50. The fourth-order valence-corrected chi connectivity index (χ4v) is 3.97. The van der Waals surface area contributed by atoms with E-state index in [-0.39, 0.29) is 5.91 Å². The molecule has 1 aliphatic rings. The zero-order valence-corrected chi connectivity index (χ0v) is 18.2. The van der Waals surface area contributed by atoms with Crippen LogP contribution < -0.4 is 15.4 Å². The number of ether oxygens (including phenoxy) is 1. The van der Waals surface area contributed by atoms with E-state index in [1.54, 1.807) is 17.3 Å². The Labute approximate surface area is 190 Å². The third kappa shape index (κ3) is 3.73. The Morgan fingerprint density at radius 1 is 1.18 bits per heavy atom. The molecule has 33 heavy (non-hydrogen) atoms. The number of nitrogens with zero attached hydrogens (tertiary/aromatic N) is 6. The zero-order valence-electron chi connectivity index (χ0n) is 18.2. The SMILES string of the molecule is C=CC(=O)N1CCN(c2nc(-c3ccc(Oc4ccccn4)c(C)c3)c3c(N)nccn23)C1. The second kappa shape index (κ2) is 8.27. The van der Waals surface area contributed by atoms with Crippen LogP contribution in [0.3, 0.4) is 0 Å². The number of aromatic nitrogens is 4. The summed E-state index contributed by atoms with van der Waals surface area (Å²) in [4.78, 5) is 29.2. The van der Waals surface area contributed by atoms with Crippen LogP contribution in [0, 0.1) is 6.92 Å². The Morgan fingerprint density at radius 3 is 2.82 bits per heavy atom. The molecule has 4 aromatic rings. The minimum atomic E-state index is -0.0983. The predicted octanol–water partition coefficient (Wildman–Crippen LogP) is 3.27. The fourth-order valence-electron chi connectivity index (χ4n) is 3.97. The maximum atomic E-state index is 12.0. The number of aryl methyl sites for hydroxylation is 1. The van der Waals surface area contributed by atoms with Crippen LogP contribution >= 0.6 is 0 Å². The van der Waals surface area contributed by atoms with Crippen molar-refractivity contribution in [3.05, 3.63) is 73.2 Å². The fraction of sp³-hybridized carbons (Fsp3) is 0.167. The number of benzene rings is 1. The molecule has 1 aromatic carbocycles. The first-order valence-electron chi connectivity index (χ1n) is 10.5. The van der Waals surface area contributed by atoms with E-state index in [4.69, 9.17) is 15.5 Å². The molecule has 9 heteroatoms. The van der Waals surface area contributed by atoms with Gasteiger partial charge in [-0.3, -0.25) is 9.20 Å². The first-order chi connectivity index (χ1) is 16.0. The molecule has 0 atom stereocenters. The summed E-state index contributed by atoms with van der Waals surface area (Å²) in [5, 5.41) is 0. The van der Waals surface area contributed by atoms with Crippen LogP contribution in [-0.4, -0.2) is 49.9 Å². The first kappa shape index (κ1) is 20.5. The molecule has 4 heterocycles. The van der Waals surface area contributed by atoms with Gasteiger partial charge in [0.2, 0.25) is 17.7 Å². The van der Waals surface area contributed by atoms with E-state index in [0.29, 0.717) is 43.2 Å². The molecule has 0 radical (unpaired) electrons. The molecule has 0 saturated carbocycles. The standard InChI is InChI=1S/C24H23N7O2/c1-3-20(32)29-12-13-30(15-29)24-28-21(22-23(25)27-10-11-31(22)24)17-7-8-18(16(2)14-17)33-19-6-4-5-9-26-19/h3-11,14H,1,12-13,15H2,2H3,(H2,25,27). The minimum absolute atomic E-state index is 0.0983. The highest BCUT2D eigenvalue weighted by Gasteiger charge is 2.27. The van der Waals surface area contributed by atoms with Crippen molar-refractivity contribution in [2.24, 2.45) is 0 Å². The van der Waals surface area contributed by atoms with Crippen LogP contribution in [0.5, 0.6) is 11.6 Å². The van der Waals surface area contributed by atoms with Crippen molar-refractivity contribution in [1.82, 2.24) is 24.3 Å². The number of amides is 1. The highest BCUT2D eigenvalue weighted by Crippen LogP contribution is 2.34. The van der Waals surface area contributed by atoms with Gasteiger partial charge in [-0.15, -0.1) is 0 Å². The smallest absolute Gasteiger partial charge is 0.247 e. The van der Waals surface area contributed by atoms with Crippen LogP contribution in [0.4, 0.5) is 11.8 Å². The van der Waals surface area contributed by atoms with Gasteiger partial charge in [0.1, 0.15) is 22.8 Å². The van der Waals surface area contributed by atoms with Gasteiger partial charge < -0.3 is 20.3 Å². The van der Waals surface area contributed by atoms with Gasteiger partial charge in [0.05, 0.1) is 6.67 Å². The lowest BCUT2D eigenvalue weighted by Crippen LogP contribution is -2.30. The number of anilines is 2. The Morgan fingerprint density at radius 2 is 2.06 bits per heavy atom. The second-order valence-electron chi connectivity index (χ2n) is 7.75. The van der Waals surface area contributed by atoms with E-state index in [0.717, 1.165) is 22.3 Å². The highest BCUT2D eigenvalue weighted by atomic mass is 16.5. The van der Waals surface area contributed by atoms with Gasteiger partial charge in [0.15, 0.2) is 0 Å². The monoisotopic (exact) mass is 441 g/mol. The summed E-state index contributed by atoms with van der Waals surface area (Å²) in [5.74, 6) is 2.24. The van der Waals surface area contributed by atoms with Gasteiger partial charge in [0.25, 0.3) is 0 Å². The summed E-state index contributed by atoms with van der Waals surface area (Å²) in [6, 6.07) is 11.4. The lowest BCUT2D eigenvalue weighted by Gasteiger charge is -2.17. The van der Waals surface area contributed by atoms with Crippen LogP contribution in [0.1, 0.15) is 5.56 Å². The van der Waals surface area contributed by atoms with E-state index >= 15 is 0 Å². The molecule has 1 amide bonds. The van der Waals surface area contributed by atoms with Gasteiger partial charge in [-0.05, 0) is 42.8 Å². The van der Waals surface area contributed by atoms with Crippen molar-refractivity contribution >= 4 is 23.2 Å². The molecule has 1 fully saturated rings. The quantitative estimate of drug-likeness (QED) is 0.474. The molecule has 1 saturated heterocycles. The number of carbonyl (C=O) groups excluding carboxylic acids is 1. The number of pyridine rings is 1. The molecule has 0 bridgehead atoms. The van der Waals surface area contributed by atoms with Crippen molar-refractivity contribution in [3.63, 3.8) is 0 Å². The lowest BCUT2D eigenvalue weighted by atomic mass is 10.1. The molecule has 5 rings (SSSR count). The maximum Gasteiger partial charge on any atom is 0.247 e. The lowest BCUT2D eigenvalue weighted by molar-refractivity contribution is -0.124. The van der Waals surface area contributed by atoms with E-state index in [1.165, 1.54) is 6.08 Å². The Bertz CT molecular complexity index is 1350. The number of fused-ring (bicyclic) bond motifs is 1. The topological polar surface area (TPSA) is 102 Å². The maximum absolute atomic E-state index is 12.0. The number of imidazole rings is 1. The van der Waals surface area contributed by atoms with E-state index < -0.39 is 0 Å². The van der Waals surface area contributed by atoms with Crippen LogP contribution in [0.25, 0.3) is 16.8 Å². The molecule has 3 aromatic heterocycles. The number of nitrogen functional groups attached to an aromatic ring is 1. The average Bonchev–Trinajstić information content (AvgIpc) is 3.46. The average molecular weight is 441 g/mol. The molecule has 0 unspecified atom stereocenters. The van der Waals surface area contributed by atoms with Gasteiger partial charge in [-0.2, -0.15) is 0 Å². The van der Waals surface area contributed by atoms with Gasteiger partial charge in [-0.1, -0.05) is 12.6 Å². The molecule has 0 aliphatic carbocycles.